The van der Waals surface area contributed by atoms with Crippen molar-refractivity contribution in [2.75, 3.05) is 13.2 Å². The molecule has 0 heterocycles. The van der Waals surface area contributed by atoms with Gasteiger partial charge in [-0.15, -0.1) is 0 Å². The largest absolute Gasteiger partial charge is 0.490 e. The molecule has 92 valence electrons. The maximum Gasteiger partial charge on any atom is 0.175 e. The van der Waals surface area contributed by atoms with Crippen LogP contribution in [0.1, 0.15) is 17.3 Å². The highest BCUT2D eigenvalue weighted by Crippen LogP contribution is 2.36. The fraction of sp³-hybridized carbons (Fsp3) is 0.250. The van der Waals surface area contributed by atoms with Crippen LogP contribution in [0.3, 0.4) is 0 Å². The molecule has 17 heavy (non-hydrogen) atoms. The average molecular weight is 320 g/mol. The van der Waals surface area contributed by atoms with Gasteiger partial charge in [-0.1, -0.05) is 11.6 Å². The van der Waals surface area contributed by atoms with Crippen LogP contribution in [0, 0.1) is 0 Å². The van der Waals surface area contributed by atoms with E-state index in [-0.39, 0.29) is 0 Å². The van der Waals surface area contributed by atoms with Gasteiger partial charge in [0.1, 0.15) is 12.9 Å². The molecule has 1 aromatic rings. The Bertz CT molecular complexity index is 418. The van der Waals surface area contributed by atoms with Crippen LogP contribution in [0.25, 0.3) is 0 Å². The monoisotopic (exact) mass is 318 g/mol. The fourth-order valence-electron chi connectivity index (χ4n) is 1.23. The van der Waals surface area contributed by atoms with Crippen molar-refractivity contribution in [2.24, 2.45) is 0 Å². The minimum Gasteiger partial charge on any atom is -0.490 e. The lowest BCUT2D eigenvalue weighted by molar-refractivity contribution is 0.112. The molecule has 0 bridgehead atoms. The third kappa shape index (κ3) is 4.06. The van der Waals surface area contributed by atoms with Crippen molar-refractivity contribution in [3.05, 3.63) is 33.8 Å². The molecule has 0 fully saturated rings. The van der Waals surface area contributed by atoms with Crippen molar-refractivity contribution in [3.8, 4) is 11.5 Å². The highest BCUT2D eigenvalue weighted by Gasteiger charge is 2.11. The summed E-state index contributed by atoms with van der Waals surface area (Å²) >= 11 is 8.75. The van der Waals surface area contributed by atoms with E-state index >= 15 is 0 Å². The van der Waals surface area contributed by atoms with Gasteiger partial charge in [0.25, 0.3) is 0 Å². The predicted molar refractivity (Wildman–Crippen MR) is 71.2 cm³/mol. The Morgan fingerprint density at radius 2 is 2.18 bits per heavy atom. The zero-order valence-corrected chi connectivity index (χ0v) is 11.6. The number of carbonyl (C=O) groups excluding carboxylic acids is 1. The highest BCUT2D eigenvalue weighted by molar-refractivity contribution is 9.10. The molecule has 1 rings (SSSR count). The first-order valence-corrected chi connectivity index (χ1v) is 6.25. The second kappa shape index (κ2) is 7.35. The van der Waals surface area contributed by atoms with Gasteiger partial charge in [-0.05, 0) is 41.1 Å². The average Bonchev–Trinajstić information content (AvgIpc) is 2.32. The lowest BCUT2D eigenvalue weighted by atomic mass is 10.2. The van der Waals surface area contributed by atoms with Gasteiger partial charge in [0.15, 0.2) is 11.5 Å². The van der Waals surface area contributed by atoms with Crippen LogP contribution >= 0.6 is 27.5 Å². The van der Waals surface area contributed by atoms with E-state index in [2.05, 4.69) is 15.9 Å². The Hall–Kier alpha value is -1.00. The molecule has 0 N–H and O–H groups in total. The Morgan fingerprint density at radius 3 is 2.76 bits per heavy atom. The fourth-order valence-corrected chi connectivity index (χ4v) is 1.87. The normalized spacial score (nSPS) is 10.5. The molecule has 0 saturated carbocycles. The van der Waals surface area contributed by atoms with Crippen LogP contribution in [0.5, 0.6) is 11.5 Å². The maximum atomic E-state index is 10.7. The van der Waals surface area contributed by atoms with E-state index in [1.54, 1.807) is 18.2 Å². The SMILES string of the molecule is CCOc1cc(C=O)cc(Br)c1OC/C=C/Cl. The van der Waals surface area contributed by atoms with Crippen LogP contribution in [-0.2, 0) is 0 Å². The first-order chi connectivity index (χ1) is 8.22. The Balaban J connectivity index is 3.02. The van der Waals surface area contributed by atoms with Gasteiger partial charge in [-0.2, -0.15) is 0 Å². The number of benzene rings is 1. The zero-order chi connectivity index (χ0) is 12.7. The third-order valence-corrected chi connectivity index (χ3v) is 2.65. The molecule has 0 aliphatic heterocycles. The summed E-state index contributed by atoms with van der Waals surface area (Å²) in [6, 6.07) is 3.32. The van der Waals surface area contributed by atoms with Crippen molar-refractivity contribution < 1.29 is 14.3 Å². The summed E-state index contributed by atoms with van der Waals surface area (Å²) in [5, 5.41) is 0. The molecule has 0 atom stereocenters. The molecule has 0 amide bonds. The van der Waals surface area contributed by atoms with Gasteiger partial charge in [0.05, 0.1) is 11.1 Å². The summed E-state index contributed by atoms with van der Waals surface area (Å²) in [6.45, 7) is 2.70. The highest BCUT2D eigenvalue weighted by atomic mass is 79.9. The summed E-state index contributed by atoms with van der Waals surface area (Å²) in [5.74, 6) is 1.10. The molecule has 0 unspecified atom stereocenters. The van der Waals surface area contributed by atoms with Crippen molar-refractivity contribution in [1.29, 1.82) is 0 Å². The zero-order valence-electron chi connectivity index (χ0n) is 9.28. The number of ether oxygens (including phenoxy) is 2. The smallest absolute Gasteiger partial charge is 0.175 e. The number of hydrogen-bond donors (Lipinski definition) is 0. The van der Waals surface area contributed by atoms with E-state index in [1.165, 1.54) is 5.54 Å². The minimum absolute atomic E-state index is 0.336. The lowest BCUT2D eigenvalue weighted by Crippen LogP contribution is -2.00. The summed E-state index contributed by atoms with van der Waals surface area (Å²) < 4.78 is 11.6. The Kier molecular flexibility index (Phi) is 6.08. The van der Waals surface area contributed by atoms with Gasteiger partial charge in [-0.25, -0.2) is 0 Å². The van der Waals surface area contributed by atoms with Crippen molar-refractivity contribution in [3.63, 3.8) is 0 Å². The van der Waals surface area contributed by atoms with Crippen LogP contribution in [0.4, 0.5) is 0 Å². The van der Waals surface area contributed by atoms with Gasteiger partial charge < -0.3 is 9.47 Å². The van der Waals surface area contributed by atoms with Crippen LogP contribution < -0.4 is 9.47 Å². The first kappa shape index (κ1) is 14.1. The molecule has 5 heteroatoms. The number of rotatable bonds is 6. The second-order valence-electron chi connectivity index (χ2n) is 3.05. The Labute approximate surface area is 113 Å². The quantitative estimate of drug-likeness (QED) is 0.748. The molecule has 3 nitrogen and oxygen atoms in total. The maximum absolute atomic E-state index is 10.7. The van der Waals surface area contributed by atoms with E-state index in [0.29, 0.717) is 34.7 Å². The third-order valence-electron chi connectivity index (χ3n) is 1.88. The van der Waals surface area contributed by atoms with Gasteiger partial charge in [-0.3, -0.25) is 4.79 Å². The molecule has 0 aromatic heterocycles. The standard InChI is InChI=1S/C12H12BrClO3/c1-2-16-11-7-9(8-15)6-10(13)12(11)17-5-3-4-14/h3-4,6-8H,2,5H2,1H3/b4-3+. The predicted octanol–water partition coefficient (Wildman–Crippen LogP) is 3.79. The molecule has 0 saturated heterocycles. The van der Waals surface area contributed by atoms with Crippen LogP contribution in [0.15, 0.2) is 28.2 Å². The van der Waals surface area contributed by atoms with Crippen molar-refractivity contribution >= 4 is 33.8 Å². The van der Waals surface area contributed by atoms with E-state index in [4.69, 9.17) is 21.1 Å². The summed E-state index contributed by atoms with van der Waals surface area (Å²) in [5.41, 5.74) is 1.91. The summed E-state index contributed by atoms with van der Waals surface area (Å²) in [6.07, 6.45) is 2.42. The van der Waals surface area contributed by atoms with E-state index in [9.17, 15) is 4.79 Å². The van der Waals surface area contributed by atoms with Crippen LogP contribution in [0.2, 0.25) is 0 Å². The number of hydrogen-bond acceptors (Lipinski definition) is 3. The van der Waals surface area contributed by atoms with Gasteiger partial charge in [0, 0.05) is 11.1 Å². The molecule has 0 spiro atoms. The van der Waals surface area contributed by atoms with E-state index in [0.717, 1.165) is 6.29 Å². The Morgan fingerprint density at radius 1 is 1.41 bits per heavy atom. The lowest BCUT2D eigenvalue weighted by Gasteiger charge is -2.13. The molecular weight excluding hydrogens is 307 g/mol. The van der Waals surface area contributed by atoms with Crippen molar-refractivity contribution in [1.82, 2.24) is 0 Å². The molecule has 1 aromatic carbocycles. The molecular formula is C12H12BrClO3. The van der Waals surface area contributed by atoms with Crippen molar-refractivity contribution in [2.45, 2.75) is 6.92 Å². The molecule has 0 aliphatic rings. The van der Waals surface area contributed by atoms with Crippen LogP contribution in [-0.4, -0.2) is 19.5 Å². The van der Waals surface area contributed by atoms with Gasteiger partial charge >= 0.3 is 0 Å². The number of halogens is 2. The summed E-state index contributed by atoms with van der Waals surface area (Å²) in [4.78, 5) is 10.7. The second-order valence-corrected chi connectivity index (χ2v) is 4.16. The van der Waals surface area contributed by atoms with E-state index in [1.807, 2.05) is 6.92 Å². The number of carbonyl (C=O) groups is 1. The minimum atomic E-state index is 0.336. The summed E-state index contributed by atoms with van der Waals surface area (Å²) in [7, 11) is 0. The molecule has 0 radical (unpaired) electrons. The van der Waals surface area contributed by atoms with Gasteiger partial charge in [0.2, 0.25) is 0 Å². The molecule has 0 aliphatic carbocycles. The van der Waals surface area contributed by atoms with E-state index < -0.39 is 0 Å². The first-order valence-electron chi connectivity index (χ1n) is 5.02. The topological polar surface area (TPSA) is 35.5 Å². The number of aldehydes is 1.